The quantitative estimate of drug-likeness (QED) is 0.696. The predicted octanol–water partition coefficient (Wildman–Crippen LogP) is 0.892. The van der Waals surface area contributed by atoms with Gasteiger partial charge in [0.05, 0.1) is 11.8 Å². The van der Waals surface area contributed by atoms with Gasteiger partial charge in [-0.2, -0.15) is 5.10 Å². The maximum atomic E-state index is 11.7. The SMILES string of the molecule is CC1CCN(C(=O)c2cn[nH]c2)C1. The molecule has 0 saturated carbocycles. The van der Waals surface area contributed by atoms with Crippen LogP contribution in [0.5, 0.6) is 0 Å². The number of hydrogen-bond acceptors (Lipinski definition) is 2. The molecular formula is C9H13N3O. The van der Waals surface area contributed by atoms with E-state index in [-0.39, 0.29) is 5.91 Å². The molecular weight excluding hydrogens is 166 g/mol. The smallest absolute Gasteiger partial charge is 0.257 e. The summed E-state index contributed by atoms with van der Waals surface area (Å²) in [6, 6.07) is 0. The molecule has 70 valence electrons. The zero-order valence-electron chi connectivity index (χ0n) is 7.66. The summed E-state index contributed by atoms with van der Waals surface area (Å²) < 4.78 is 0. The number of likely N-dealkylation sites (tertiary alicyclic amines) is 1. The van der Waals surface area contributed by atoms with E-state index in [1.54, 1.807) is 12.4 Å². The summed E-state index contributed by atoms with van der Waals surface area (Å²) in [5.74, 6) is 0.731. The van der Waals surface area contributed by atoms with Crippen LogP contribution in [0.4, 0.5) is 0 Å². The second-order valence-corrected chi connectivity index (χ2v) is 3.63. The van der Waals surface area contributed by atoms with Crippen molar-refractivity contribution in [1.82, 2.24) is 15.1 Å². The fourth-order valence-electron chi connectivity index (χ4n) is 1.67. The van der Waals surface area contributed by atoms with Crippen molar-refractivity contribution in [2.24, 2.45) is 5.92 Å². The van der Waals surface area contributed by atoms with Crippen LogP contribution >= 0.6 is 0 Å². The van der Waals surface area contributed by atoms with Gasteiger partial charge < -0.3 is 4.90 Å². The highest BCUT2D eigenvalue weighted by Gasteiger charge is 2.24. The molecule has 2 heterocycles. The molecule has 1 unspecified atom stereocenters. The standard InChI is InChI=1S/C9H13N3O/c1-7-2-3-12(6-7)9(13)8-4-10-11-5-8/h4-5,7H,2-3,6H2,1H3,(H,10,11). The first-order valence-corrected chi connectivity index (χ1v) is 4.55. The average molecular weight is 179 g/mol. The Bertz CT molecular complexity index is 294. The third-order valence-corrected chi connectivity index (χ3v) is 2.46. The predicted molar refractivity (Wildman–Crippen MR) is 48.3 cm³/mol. The maximum Gasteiger partial charge on any atom is 0.257 e. The molecule has 1 aliphatic rings. The summed E-state index contributed by atoms with van der Waals surface area (Å²) in [4.78, 5) is 13.6. The topological polar surface area (TPSA) is 49.0 Å². The number of hydrogen-bond donors (Lipinski definition) is 1. The number of H-pyrrole nitrogens is 1. The van der Waals surface area contributed by atoms with Crippen LogP contribution in [0.25, 0.3) is 0 Å². The minimum atomic E-state index is 0.0955. The molecule has 0 radical (unpaired) electrons. The van der Waals surface area contributed by atoms with E-state index in [0.29, 0.717) is 11.5 Å². The van der Waals surface area contributed by atoms with E-state index in [2.05, 4.69) is 17.1 Å². The summed E-state index contributed by atoms with van der Waals surface area (Å²) in [7, 11) is 0. The summed E-state index contributed by atoms with van der Waals surface area (Å²) in [5.41, 5.74) is 0.661. The zero-order chi connectivity index (χ0) is 9.26. The lowest BCUT2D eigenvalue weighted by atomic mass is 10.2. The Hall–Kier alpha value is -1.32. The number of aromatic amines is 1. The molecule has 1 aromatic rings. The molecule has 4 heteroatoms. The van der Waals surface area contributed by atoms with Gasteiger partial charge in [-0.05, 0) is 12.3 Å². The Kier molecular flexibility index (Phi) is 2.04. The monoisotopic (exact) mass is 179 g/mol. The highest BCUT2D eigenvalue weighted by atomic mass is 16.2. The van der Waals surface area contributed by atoms with Crippen LogP contribution in [-0.2, 0) is 0 Å². The highest BCUT2D eigenvalue weighted by molar-refractivity contribution is 5.93. The van der Waals surface area contributed by atoms with Crippen molar-refractivity contribution in [3.05, 3.63) is 18.0 Å². The van der Waals surface area contributed by atoms with Crippen LogP contribution in [0, 0.1) is 5.92 Å². The molecule has 1 aromatic heterocycles. The number of carbonyl (C=O) groups excluding carboxylic acids is 1. The minimum absolute atomic E-state index is 0.0955. The van der Waals surface area contributed by atoms with Gasteiger partial charge >= 0.3 is 0 Å². The Morgan fingerprint density at radius 3 is 3.15 bits per heavy atom. The van der Waals surface area contributed by atoms with E-state index < -0.39 is 0 Å². The Balaban J connectivity index is 2.06. The van der Waals surface area contributed by atoms with Crippen molar-refractivity contribution >= 4 is 5.91 Å². The molecule has 4 nitrogen and oxygen atoms in total. The van der Waals surface area contributed by atoms with Gasteiger partial charge in [0.2, 0.25) is 0 Å². The first-order chi connectivity index (χ1) is 6.27. The molecule has 1 aliphatic heterocycles. The zero-order valence-corrected chi connectivity index (χ0v) is 7.66. The largest absolute Gasteiger partial charge is 0.338 e. The van der Waals surface area contributed by atoms with E-state index in [9.17, 15) is 4.79 Å². The van der Waals surface area contributed by atoms with Gasteiger partial charge in [0.1, 0.15) is 0 Å². The summed E-state index contributed by atoms with van der Waals surface area (Å²) in [6.45, 7) is 3.93. The van der Waals surface area contributed by atoms with E-state index in [4.69, 9.17) is 0 Å². The minimum Gasteiger partial charge on any atom is -0.338 e. The van der Waals surface area contributed by atoms with Crippen molar-refractivity contribution in [3.63, 3.8) is 0 Å². The lowest BCUT2D eigenvalue weighted by molar-refractivity contribution is 0.0788. The molecule has 0 bridgehead atoms. The molecule has 2 rings (SSSR count). The summed E-state index contributed by atoms with van der Waals surface area (Å²) in [5, 5.41) is 6.41. The van der Waals surface area contributed by atoms with E-state index in [0.717, 1.165) is 19.5 Å². The molecule has 0 spiro atoms. The number of nitrogens with one attached hydrogen (secondary N) is 1. The Morgan fingerprint density at radius 2 is 2.62 bits per heavy atom. The lowest BCUT2D eigenvalue weighted by Crippen LogP contribution is -2.28. The molecule has 1 amide bonds. The third-order valence-electron chi connectivity index (χ3n) is 2.46. The van der Waals surface area contributed by atoms with E-state index in [1.807, 2.05) is 4.90 Å². The second kappa shape index (κ2) is 3.20. The average Bonchev–Trinajstić information content (AvgIpc) is 2.72. The van der Waals surface area contributed by atoms with E-state index in [1.165, 1.54) is 0 Å². The first-order valence-electron chi connectivity index (χ1n) is 4.55. The van der Waals surface area contributed by atoms with Crippen LogP contribution in [0.2, 0.25) is 0 Å². The fourth-order valence-corrected chi connectivity index (χ4v) is 1.67. The van der Waals surface area contributed by atoms with Crippen LogP contribution < -0.4 is 0 Å². The van der Waals surface area contributed by atoms with Gasteiger partial charge in [-0.3, -0.25) is 9.89 Å². The van der Waals surface area contributed by atoms with Crippen LogP contribution in [0.15, 0.2) is 12.4 Å². The van der Waals surface area contributed by atoms with Gasteiger partial charge in [-0.25, -0.2) is 0 Å². The van der Waals surface area contributed by atoms with Crippen molar-refractivity contribution in [2.75, 3.05) is 13.1 Å². The molecule has 13 heavy (non-hydrogen) atoms. The van der Waals surface area contributed by atoms with Crippen molar-refractivity contribution in [3.8, 4) is 0 Å². The van der Waals surface area contributed by atoms with Crippen LogP contribution in [0.1, 0.15) is 23.7 Å². The molecule has 1 atom stereocenters. The second-order valence-electron chi connectivity index (χ2n) is 3.63. The number of aromatic nitrogens is 2. The Labute approximate surface area is 76.9 Å². The molecule has 0 aliphatic carbocycles. The fraction of sp³-hybridized carbons (Fsp3) is 0.556. The number of amides is 1. The maximum absolute atomic E-state index is 11.7. The molecule has 1 saturated heterocycles. The molecule has 0 aromatic carbocycles. The van der Waals surface area contributed by atoms with Crippen LogP contribution in [-0.4, -0.2) is 34.1 Å². The highest BCUT2D eigenvalue weighted by Crippen LogP contribution is 2.17. The van der Waals surface area contributed by atoms with Gasteiger partial charge in [0.15, 0.2) is 0 Å². The first kappa shape index (κ1) is 8.29. The third kappa shape index (κ3) is 1.56. The number of rotatable bonds is 1. The van der Waals surface area contributed by atoms with Gasteiger partial charge in [0.25, 0.3) is 5.91 Å². The number of nitrogens with zero attached hydrogens (tertiary/aromatic N) is 2. The summed E-state index contributed by atoms with van der Waals surface area (Å²) in [6.07, 6.45) is 4.33. The Morgan fingerprint density at radius 1 is 1.77 bits per heavy atom. The van der Waals surface area contributed by atoms with Gasteiger partial charge in [0, 0.05) is 19.3 Å². The molecule has 1 N–H and O–H groups in total. The van der Waals surface area contributed by atoms with Crippen molar-refractivity contribution in [2.45, 2.75) is 13.3 Å². The lowest BCUT2D eigenvalue weighted by Gasteiger charge is -2.13. The van der Waals surface area contributed by atoms with Gasteiger partial charge in [-0.15, -0.1) is 0 Å². The van der Waals surface area contributed by atoms with E-state index >= 15 is 0 Å². The number of carbonyl (C=O) groups is 1. The normalized spacial score (nSPS) is 22.2. The van der Waals surface area contributed by atoms with Gasteiger partial charge in [-0.1, -0.05) is 6.92 Å². The van der Waals surface area contributed by atoms with Crippen LogP contribution in [0.3, 0.4) is 0 Å². The van der Waals surface area contributed by atoms with Crippen molar-refractivity contribution < 1.29 is 4.79 Å². The van der Waals surface area contributed by atoms with Crippen molar-refractivity contribution in [1.29, 1.82) is 0 Å². The molecule has 1 fully saturated rings. The summed E-state index contributed by atoms with van der Waals surface area (Å²) >= 11 is 0.